The number of ether oxygens (including phenoxy) is 1. The van der Waals surface area contributed by atoms with Crippen LogP contribution in [-0.2, 0) is 19.4 Å². The maximum atomic E-state index is 5.88. The van der Waals surface area contributed by atoms with Gasteiger partial charge in [0.1, 0.15) is 17.4 Å². The number of H-pyrrole nitrogens is 2. The van der Waals surface area contributed by atoms with E-state index in [1.54, 1.807) is 13.3 Å². The molecule has 0 fully saturated rings. The summed E-state index contributed by atoms with van der Waals surface area (Å²) in [5.41, 5.74) is 12.3. The lowest BCUT2D eigenvalue weighted by molar-refractivity contribution is 0.415. The third-order valence-electron chi connectivity index (χ3n) is 5.65. The molecule has 3 heterocycles. The number of fused-ring (bicyclic) bond motifs is 2. The Morgan fingerprint density at radius 2 is 1.88 bits per heavy atom. The number of aryl methyl sites for hydroxylation is 3. The number of hydrogen-bond donors (Lipinski definition) is 4. The second-order valence-corrected chi connectivity index (χ2v) is 7.85. The number of imidazole rings is 1. The first-order chi connectivity index (χ1) is 15.6. The minimum absolute atomic E-state index is 0.256. The molecule has 0 unspecified atom stereocenters. The van der Waals surface area contributed by atoms with E-state index in [1.807, 2.05) is 25.1 Å². The predicted octanol–water partition coefficient (Wildman–Crippen LogP) is 4.13. The Morgan fingerprint density at radius 1 is 1.03 bits per heavy atom. The molecule has 0 bridgehead atoms. The summed E-state index contributed by atoms with van der Waals surface area (Å²) in [6, 6.07) is 12.3. The number of benzene rings is 2. The number of nitrogen functional groups attached to an aromatic ring is 1. The monoisotopic (exact) mass is 427 g/mol. The smallest absolute Gasteiger partial charge is 0.221 e. The fraction of sp³-hybridized carbons (Fsp3) is 0.208. The Labute approximate surface area is 185 Å². The van der Waals surface area contributed by atoms with Gasteiger partial charge >= 0.3 is 0 Å². The molecule has 0 amide bonds. The third-order valence-corrected chi connectivity index (χ3v) is 5.65. The summed E-state index contributed by atoms with van der Waals surface area (Å²) >= 11 is 0. The second-order valence-electron chi connectivity index (χ2n) is 7.85. The molecular weight excluding hydrogens is 402 g/mol. The molecule has 2 aromatic carbocycles. The molecule has 0 spiro atoms. The van der Waals surface area contributed by atoms with Crippen LogP contribution < -0.4 is 15.8 Å². The van der Waals surface area contributed by atoms with Crippen LogP contribution >= 0.6 is 0 Å². The molecular formula is C24H25N7O. The van der Waals surface area contributed by atoms with Crippen LogP contribution in [0.25, 0.3) is 21.9 Å². The van der Waals surface area contributed by atoms with Crippen molar-refractivity contribution >= 4 is 33.7 Å². The molecule has 5 N–H and O–H groups in total. The molecule has 8 nitrogen and oxygen atoms in total. The molecule has 0 saturated carbocycles. The summed E-state index contributed by atoms with van der Waals surface area (Å²) in [5, 5.41) is 4.60. The van der Waals surface area contributed by atoms with Crippen molar-refractivity contribution in [3.63, 3.8) is 0 Å². The number of hydrogen-bond acceptors (Lipinski definition) is 6. The van der Waals surface area contributed by atoms with Crippen LogP contribution in [-0.4, -0.2) is 32.0 Å². The van der Waals surface area contributed by atoms with Crippen molar-refractivity contribution in [1.82, 2.24) is 24.9 Å². The summed E-state index contributed by atoms with van der Waals surface area (Å²) < 4.78 is 5.38. The van der Waals surface area contributed by atoms with Crippen molar-refractivity contribution in [1.29, 1.82) is 0 Å². The molecule has 0 saturated heterocycles. The van der Waals surface area contributed by atoms with Gasteiger partial charge in [0.25, 0.3) is 0 Å². The minimum atomic E-state index is 0.256. The number of methoxy groups -OCH3 is 1. The van der Waals surface area contributed by atoms with Crippen molar-refractivity contribution in [3.05, 3.63) is 71.3 Å². The molecule has 5 aromatic rings. The third kappa shape index (κ3) is 3.94. The zero-order valence-electron chi connectivity index (χ0n) is 18.1. The average Bonchev–Trinajstić information content (AvgIpc) is 3.38. The number of aromatic amines is 2. The van der Waals surface area contributed by atoms with Crippen molar-refractivity contribution in [2.45, 2.75) is 26.3 Å². The van der Waals surface area contributed by atoms with Gasteiger partial charge in [0, 0.05) is 35.4 Å². The Kier molecular flexibility index (Phi) is 5.10. The van der Waals surface area contributed by atoms with E-state index in [2.05, 4.69) is 54.6 Å². The number of nitrogens with two attached hydrogens (primary N) is 1. The molecule has 32 heavy (non-hydrogen) atoms. The molecule has 0 aliphatic carbocycles. The Hall–Kier alpha value is -4.07. The summed E-state index contributed by atoms with van der Waals surface area (Å²) in [6.45, 7) is 2.58. The van der Waals surface area contributed by atoms with E-state index < -0.39 is 0 Å². The van der Waals surface area contributed by atoms with Gasteiger partial charge in [-0.3, -0.25) is 0 Å². The van der Waals surface area contributed by atoms with E-state index >= 15 is 0 Å². The second kappa shape index (κ2) is 8.22. The lowest BCUT2D eigenvalue weighted by Crippen LogP contribution is -2.08. The molecule has 0 radical (unpaired) electrons. The molecule has 162 valence electrons. The summed E-state index contributed by atoms with van der Waals surface area (Å²) in [5.74, 6) is 2.77. The van der Waals surface area contributed by atoms with E-state index in [1.165, 1.54) is 5.56 Å². The van der Waals surface area contributed by atoms with Gasteiger partial charge in [0.2, 0.25) is 5.95 Å². The Morgan fingerprint density at radius 3 is 2.75 bits per heavy atom. The molecule has 0 aliphatic rings. The zero-order chi connectivity index (χ0) is 22.1. The number of nitrogens with one attached hydrogen (secondary N) is 3. The van der Waals surface area contributed by atoms with E-state index in [0.29, 0.717) is 6.54 Å². The van der Waals surface area contributed by atoms with Crippen LogP contribution in [0.1, 0.15) is 22.5 Å². The Balaban J connectivity index is 1.34. The molecule has 0 atom stereocenters. The zero-order valence-corrected chi connectivity index (χ0v) is 18.1. The first kappa shape index (κ1) is 19.9. The molecule has 8 heteroatoms. The van der Waals surface area contributed by atoms with Gasteiger partial charge in [-0.2, -0.15) is 4.98 Å². The largest absolute Gasteiger partial charge is 0.497 e. The SMILES string of the molecule is COc1ccc2[nH]cc(CCc3cnc(N)nc3NCc3ccc4[nH]c(C)nc4c3)c2c1. The van der Waals surface area contributed by atoms with E-state index in [9.17, 15) is 0 Å². The van der Waals surface area contributed by atoms with Crippen molar-refractivity contribution in [2.75, 3.05) is 18.2 Å². The van der Waals surface area contributed by atoms with E-state index in [4.69, 9.17) is 10.5 Å². The van der Waals surface area contributed by atoms with Gasteiger partial charge in [-0.25, -0.2) is 9.97 Å². The standard InChI is InChI=1S/C24H25N7O/c1-14-29-21-7-3-15(9-22(21)30-14)11-27-23-17(13-28-24(25)31-23)5-4-16-12-26-20-8-6-18(32-2)10-19(16)20/h3,6-10,12-13,26H,4-5,11H2,1-2H3,(H,29,30)(H3,25,27,28,31). The van der Waals surface area contributed by atoms with Crippen molar-refractivity contribution in [2.24, 2.45) is 0 Å². The van der Waals surface area contributed by atoms with Gasteiger partial charge in [0.15, 0.2) is 0 Å². The van der Waals surface area contributed by atoms with Crippen LogP contribution in [0.4, 0.5) is 11.8 Å². The van der Waals surface area contributed by atoms with E-state index in [0.717, 1.165) is 63.3 Å². The lowest BCUT2D eigenvalue weighted by Gasteiger charge is -2.11. The van der Waals surface area contributed by atoms with Gasteiger partial charge in [-0.05, 0) is 61.2 Å². The highest BCUT2D eigenvalue weighted by Gasteiger charge is 2.10. The lowest BCUT2D eigenvalue weighted by atomic mass is 10.0. The Bertz CT molecular complexity index is 1400. The number of nitrogens with zero attached hydrogens (tertiary/aromatic N) is 3. The predicted molar refractivity (Wildman–Crippen MR) is 127 cm³/mol. The van der Waals surface area contributed by atoms with Crippen LogP contribution in [0, 0.1) is 6.92 Å². The minimum Gasteiger partial charge on any atom is -0.497 e. The quantitative estimate of drug-likeness (QED) is 0.310. The maximum Gasteiger partial charge on any atom is 0.221 e. The van der Waals surface area contributed by atoms with Gasteiger partial charge < -0.3 is 25.8 Å². The van der Waals surface area contributed by atoms with Gasteiger partial charge in [0.05, 0.1) is 18.1 Å². The van der Waals surface area contributed by atoms with Crippen molar-refractivity contribution < 1.29 is 4.74 Å². The summed E-state index contributed by atoms with van der Waals surface area (Å²) in [6.07, 6.45) is 5.48. The number of aromatic nitrogens is 5. The first-order valence-electron chi connectivity index (χ1n) is 10.5. The van der Waals surface area contributed by atoms with Crippen LogP contribution in [0.5, 0.6) is 5.75 Å². The van der Waals surface area contributed by atoms with Gasteiger partial charge in [-0.15, -0.1) is 0 Å². The van der Waals surface area contributed by atoms with Gasteiger partial charge in [-0.1, -0.05) is 6.07 Å². The molecule has 0 aliphatic heterocycles. The van der Waals surface area contributed by atoms with Crippen molar-refractivity contribution in [3.8, 4) is 5.75 Å². The highest BCUT2D eigenvalue weighted by molar-refractivity contribution is 5.84. The highest BCUT2D eigenvalue weighted by Crippen LogP contribution is 2.26. The summed E-state index contributed by atoms with van der Waals surface area (Å²) in [7, 11) is 1.68. The molecule has 5 rings (SSSR count). The summed E-state index contributed by atoms with van der Waals surface area (Å²) in [4.78, 5) is 19.8. The molecule has 3 aromatic heterocycles. The number of anilines is 2. The first-order valence-corrected chi connectivity index (χ1v) is 10.5. The highest BCUT2D eigenvalue weighted by atomic mass is 16.5. The maximum absolute atomic E-state index is 5.88. The topological polar surface area (TPSA) is 118 Å². The van der Waals surface area contributed by atoms with E-state index in [-0.39, 0.29) is 5.95 Å². The average molecular weight is 428 g/mol. The fourth-order valence-corrected chi connectivity index (χ4v) is 3.99. The normalized spacial score (nSPS) is 11.3. The van der Waals surface area contributed by atoms with Crippen LogP contribution in [0.3, 0.4) is 0 Å². The van der Waals surface area contributed by atoms with Crippen LogP contribution in [0.15, 0.2) is 48.8 Å². The van der Waals surface area contributed by atoms with Crippen LogP contribution in [0.2, 0.25) is 0 Å². The fourth-order valence-electron chi connectivity index (χ4n) is 3.99. The number of rotatable bonds is 7.